The SMILES string of the molecule is Cc1ccc2nc(C(=O)N3CCNC(=O)C3c3ccc(F)cc3)cn2c1. The molecule has 1 aliphatic heterocycles. The number of hydrogen-bond donors (Lipinski definition) is 1. The van der Waals surface area contributed by atoms with Crippen LogP contribution in [-0.2, 0) is 4.79 Å². The van der Waals surface area contributed by atoms with Crippen LogP contribution < -0.4 is 5.32 Å². The Morgan fingerprint density at radius 3 is 2.73 bits per heavy atom. The lowest BCUT2D eigenvalue weighted by atomic mass is 10.0. The van der Waals surface area contributed by atoms with Gasteiger partial charge in [0.2, 0.25) is 5.91 Å². The standard InChI is InChI=1S/C19H17FN4O2/c1-12-2-7-16-22-15(11-23(16)10-12)19(26)24-9-8-21-18(25)17(24)13-3-5-14(20)6-4-13/h2-7,10-11,17H,8-9H2,1H3,(H,21,25). The molecule has 0 bridgehead atoms. The second-order valence-electron chi connectivity index (χ2n) is 6.34. The molecule has 1 fully saturated rings. The number of imidazole rings is 1. The van der Waals surface area contributed by atoms with Gasteiger partial charge in [-0.3, -0.25) is 9.59 Å². The predicted octanol–water partition coefficient (Wildman–Crippen LogP) is 2.10. The van der Waals surface area contributed by atoms with E-state index in [1.165, 1.54) is 29.2 Å². The van der Waals surface area contributed by atoms with Gasteiger partial charge in [-0.2, -0.15) is 0 Å². The molecule has 4 rings (SSSR count). The molecule has 1 unspecified atom stereocenters. The van der Waals surface area contributed by atoms with E-state index in [2.05, 4.69) is 10.3 Å². The van der Waals surface area contributed by atoms with Crippen molar-refractivity contribution in [3.8, 4) is 0 Å². The molecule has 0 spiro atoms. The number of nitrogens with one attached hydrogen (secondary N) is 1. The summed E-state index contributed by atoms with van der Waals surface area (Å²) < 4.78 is 15.0. The highest BCUT2D eigenvalue weighted by Gasteiger charge is 2.35. The maximum absolute atomic E-state index is 13.2. The van der Waals surface area contributed by atoms with Crippen molar-refractivity contribution in [3.63, 3.8) is 0 Å². The third-order valence-electron chi connectivity index (χ3n) is 4.48. The third kappa shape index (κ3) is 2.81. The van der Waals surface area contributed by atoms with Crippen molar-refractivity contribution in [2.24, 2.45) is 0 Å². The van der Waals surface area contributed by atoms with E-state index in [0.29, 0.717) is 24.3 Å². The highest BCUT2D eigenvalue weighted by Crippen LogP contribution is 2.25. The Bertz CT molecular complexity index is 996. The first-order chi connectivity index (χ1) is 12.5. The Hall–Kier alpha value is -3.22. The zero-order valence-electron chi connectivity index (χ0n) is 14.1. The molecule has 0 aliphatic carbocycles. The molecule has 0 saturated carbocycles. The molecular weight excluding hydrogens is 335 g/mol. The molecule has 1 saturated heterocycles. The van der Waals surface area contributed by atoms with Gasteiger partial charge in [0.25, 0.3) is 5.91 Å². The van der Waals surface area contributed by atoms with Gasteiger partial charge in [-0.1, -0.05) is 18.2 Å². The molecule has 26 heavy (non-hydrogen) atoms. The third-order valence-corrected chi connectivity index (χ3v) is 4.48. The molecular formula is C19H17FN4O2. The lowest BCUT2D eigenvalue weighted by Crippen LogP contribution is -2.52. The summed E-state index contributed by atoms with van der Waals surface area (Å²) in [4.78, 5) is 31.3. The number of aryl methyl sites for hydroxylation is 1. The number of pyridine rings is 1. The van der Waals surface area contributed by atoms with E-state index in [1.54, 1.807) is 10.6 Å². The molecule has 1 aromatic carbocycles. The summed E-state index contributed by atoms with van der Waals surface area (Å²) in [7, 11) is 0. The number of amides is 2. The highest BCUT2D eigenvalue weighted by atomic mass is 19.1. The summed E-state index contributed by atoms with van der Waals surface area (Å²) in [6.45, 7) is 2.69. The van der Waals surface area contributed by atoms with Gasteiger partial charge in [-0.15, -0.1) is 0 Å². The molecule has 2 amide bonds. The van der Waals surface area contributed by atoms with E-state index in [9.17, 15) is 14.0 Å². The van der Waals surface area contributed by atoms with Crippen LogP contribution in [0.3, 0.4) is 0 Å². The Kier molecular flexibility index (Phi) is 3.91. The first-order valence-corrected chi connectivity index (χ1v) is 8.32. The maximum Gasteiger partial charge on any atom is 0.275 e. The van der Waals surface area contributed by atoms with Gasteiger partial charge in [-0.25, -0.2) is 9.37 Å². The van der Waals surface area contributed by atoms with E-state index < -0.39 is 11.9 Å². The van der Waals surface area contributed by atoms with Crippen LogP contribution in [0.25, 0.3) is 5.65 Å². The summed E-state index contributed by atoms with van der Waals surface area (Å²) in [5.41, 5.74) is 2.56. The summed E-state index contributed by atoms with van der Waals surface area (Å²) >= 11 is 0. The Balaban J connectivity index is 1.71. The lowest BCUT2D eigenvalue weighted by molar-refractivity contribution is -0.128. The average molecular weight is 352 g/mol. The number of hydrogen-bond acceptors (Lipinski definition) is 3. The molecule has 2 aromatic heterocycles. The first-order valence-electron chi connectivity index (χ1n) is 8.32. The summed E-state index contributed by atoms with van der Waals surface area (Å²) in [6.07, 6.45) is 3.55. The minimum absolute atomic E-state index is 0.275. The molecule has 0 radical (unpaired) electrons. The van der Waals surface area contributed by atoms with Crippen LogP contribution in [0.1, 0.15) is 27.7 Å². The van der Waals surface area contributed by atoms with Crippen LogP contribution in [0.5, 0.6) is 0 Å². The van der Waals surface area contributed by atoms with Crippen LogP contribution in [0.2, 0.25) is 0 Å². The molecule has 1 aliphatic rings. The van der Waals surface area contributed by atoms with Crippen molar-refractivity contribution in [2.45, 2.75) is 13.0 Å². The van der Waals surface area contributed by atoms with Gasteiger partial charge in [-0.05, 0) is 36.2 Å². The summed E-state index contributed by atoms with van der Waals surface area (Å²) in [5, 5.41) is 2.76. The summed E-state index contributed by atoms with van der Waals surface area (Å²) in [5.74, 6) is -0.995. The van der Waals surface area contributed by atoms with Gasteiger partial charge in [0.05, 0.1) is 0 Å². The fourth-order valence-electron chi connectivity index (χ4n) is 3.22. The summed E-state index contributed by atoms with van der Waals surface area (Å²) in [6, 6.07) is 8.58. The lowest BCUT2D eigenvalue weighted by Gasteiger charge is -2.34. The van der Waals surface area contributed by atoms with Gasteiger partial charge in [0.15, 0.2) is 0 Å². The normalized spacial score (nSPS) is 17.4. The number of carbonyl (C=O) groups is 2. The van der Waals surface area contributed by atoms with Crippen molar-refractivity contribution in [1.29, 1.82) is 0 Å². The number of rotatable bonds is 2. The van der Waals surface area contributed by atoms with Crippen molar-refractivity contribution in [1.82, 2.24) is 19.6 Å². The van der Waals surface area contributed by atoms with Crippen LogP contribution in [-0.4, -0.2) is 39.2 Å². The fourth-order valence-corrected chi connectivity index (χ4v) is 3.22. The topological polar surface area (TPSA) is 66.7 Å². The number of aromatic nitrogens is 2. The van der Waals surface area contributed by atoms with E-state index in [1.807, 2.05) is 25.3 Å². The smallest absolute Gasteiger partial charge is 0.275 e. The number of halogens is 1. The van der Waals surface area contributed by atoms with E-state index in [-0.39, 0.29) is 17.5 Å². The quantitative estimate of drug-likeness (QED) is 0.768. The van der Waals surface area contributed by atoms with Gasteiger partial charge in [0, 0.05) is 25.5 Å². The highest BCUT2D eigenvalue weighted by molar-refractivity contribution is 5.97. The van der Waals surface area contributed by atoms with Gasteiger partial charge in [0.1, 0.15) is 23.2 Å². The number of nitrogens with zero attached hydrogens (tertiary/aromatic N) is 3. The van der Waals surface area contributed by atoms with Crippen LogP contribution in [0.15, 0.2) is 48.8 Å². The van der Waals surface area contributed by atoms with Crippen LogP contribution in [0.4, 0.5) is 4.39 Å². The zero-order valence-corrected chi connectivity index (χ0v) is 14.1. The molecule has 7 heteroatoms. The minimum atomic E-state index is -0.802. The molecule has 3 aromatic rings. The van der Waals surface area contributed by atoms with E-state index in [4.69, 9.17) is 0 Å². The largest absolute Gasteiger partial charge is 0.352 e. The maximum atomic E-state index is 13.2. The number of piperazine rings is 1. The average Bonchev–Trinajstić information content (AvgIpc) is 3.05. The van der Waals surface area contributed by atoms with E-state index >= 15 is 0 Å². The van der Waals surface area contributed by atoms with Crippen molar-refractivity contribution in [3.05, 3.63) is 71.4 Å². The van der Waals surface area contributed by atoms with E-state index in [0.717, 1.165) is 5.56 Å². The second-order valence-corrected chi connectivity index (χ2v) is 6.34. The molecule has 132 valence electrons. The minimum Gasteiger partial charge on any atom is -0.352 e. The number of benzene rings is 1. The van der Waals surface area contributed by atoms with Crippen LogP contribution >= 0.6 is 0 Å². The Morgan fingerprint density at radius 2 is 1.96 bits per heavy atom. The van der Waals surface area contributed by atoms with Gasteiger partial charge >= 0.3 is 0 Å². The second kappa shape index (κ2) is 6.25. The zero-order chi connectivity index (χ0) is 18.3. The van der Waals surface area contributed by atoms with Gasteiger partial charge < -0.3 is 14.6 Å². The van der Waals surface area contributed by atoms with Crippen molar-refractivity contribution in [2.75, 3.05) is 13.1 Å². The number of fused-ring (bicyclic) bond motifs is 1. The monoisotopic (exact) mass is 352 g/mol. The molecule has 1 N–H and O–H groups in total. The van der Waals surface area contributed by atoms with Crippen LogP contribution in [0, 0.1) is 12.7 Å². The Morgan fingerprint density at radius 1 is 1.19 bits per heavy atom. The van der Waals surface area contributed by atoms with Crippen molar-refractivity contribution < 1.29 is 14.0 Å². The molecule has 1 atom stereocenters. The van der Waals surface area contributed by atoms with Crippen molar-refractivity contribution >= 4 is 17.5 Å². The number of carbonyl (C=O) groups excluding carboxylic acids is 2. The predicted molar refractivity (Wildman–Crippen MR) is 93.1 cm³/mol. The molecule has 6 nitrogen and oxygen atoms in total. The Labute approximate surface area is 149 Å². The fraction of sp³-hybridized carbons (Fsp3) is 0.211. The first kappa shape index (κ1) is 16.3. The molecule has 3 heterocycles.